The number of nitrogens with zero attached hydrogens (tertiary/aromatic N) is 2. The third kappa shape index (κ3) is 3.56. The summed E-state index contributed by atoms with van der Waals surface area (Å²) in [6.45, 7) is 2.05. The molecule has 3 rings (SSSR count). The van der Waals surface area contributed by atoms with E-state index in [1.54, 1.807) is 18.5 Å². The van der Waals surface area contributed by atoms with Gasteiger partial charge in [0.25, 0.3) is 0 Å². The molecule has 2 aromatic rings. The van der Waals surface area contributed by atoms with E-state index < -0.39 is 0 Å². The van der Waals surface area contributed by atoms with Gasteiger partial charge in [0.15, 0.2) is 0 Å². The van der Waals surface area contributed by atoms with E-state index in [-0.39, 0.29) is 17.9 Å². The lowest BCUT2D eigenvalue weighted by molar-refractivity contribution is -0.117. The average molecular weight is 282 g/mol. The lowest BCUT2D eigenvalue weighted by Gasteiger charge is -2.14. The van der Waals surface area contributed by atoms with Gasteiger partial charge in [0, 0.05) is 24.0 Å². The monoisotopic (exact) mass is 282 g/mol. The summed E-state index contributed by atoms with van der Waals surface area (Å²) in [5, 5.41) is 6.17. The van der Waals surface area contributed by atoms with Crippen LogP contribution in [0.3, 0.4) is 0 Å². The summed E-state index contributed by atoms with van der Waals surface area (Å²) in [6.07, 6.45) is 5.45. The molecule has 21 heavy (non-hydrogen) atoms. The van der Waals surface area contributed by atoms with Gasteiger partial charge in [0.1, 0.15) is 0 Å². The average Bonchev–Trinajstić information content (AvgIpc) is 3.33. The highest BCUT2D eigenvalue weighted by Crippen LogP contribution is 2.30. The summed E-state index contributed by atoms with van der Waals surface area (Å²) < 4.78 is 0. The fourth-order valence-corrected chi connectivity index (χ4v) is 2.10. The highest BCUT2D eigenvalue weighted by molar-refractivity contribution is 5.94. The molecule has 0 aliphatic heterocycles. The van der Waals surface area contributed by atoms with Crippen LogP contribution in [0.15, 0.2) is 42.7 Å². The van der Waals surface area contributed by atoms with Crippen molar-refractivity contribution in [3.63, 3.8) is 0 Å². The van der Waals surface area contributed by atoms with Gasteiger partial charge in [-0.15, -0.1) is 0 Å². The van der Waals surface area contributed by atoms with Gasteiger partial charge in [-0.2, -0.15) is 0 Å². The van der Waals surface area contributed by atoms with Gasteiger partial charge in [-0.1, -0.05) is 12.1 Å². The maximum atomic E-state index is 11.7. The molecule has 1 saturated carbocycles. The van der Waals surface area contributed by atoms with E-state index in [1.807, 2.05) is 31.2 Å². The van der Waals surface area contributed by atoms with Crippen molar-refractivity contribution < 1.29 is 4.79 Å². The predicted molar refractivity (Wildman–Crippen MR) is 81.9 cm³/mol. The van der Waals surface area contributed by atoms with Crippen LogP contribution in [-0.2, 0) is 4.79 Å². The van der Waals surface area contributed by atoms with Crippen molar-refractivity contribution in [3.05, 3.63) is 48.3 Å². The van der Waals surface area contributed by atoms with Crippen LogP contribution in [0.1, 0.15) is 31.4 Å². The molecular formula is C16H18N4O. The first kappa shape index (κ1) is 13.5. The Kier molecular flexibility index (Phi) is 3.81. The summed E-state index contributed by atoms with van der Waals surface area (Å²) in [5.74, 6) is 0.961. The molecule has 2 N–H and O–H groups in total. The molecule has 1 amide bonds. The minimum atomic E-state index is 0.0978. The predicted octanol–water partition coefficient (Wildman–Crippen LogP) is 3.00. The second-order valence-electron chi connectivity index (χ2n) is 5.32. The number of carbonyl (C=O) groups excluding carboxylic acids is 1. The van der Waals surface area contributed by atoms with Gasteiger partial charge in [0.2, 0.25) is 11.9 Å². The summed E-state index contributed by atoms with van der Waals surface area (Å²) in [5.41, 5.74) is 1.96. The molecule has 1 aliphatic rings. The third-order valence-corrected chi connectivity index (χ3v) is 3.54. The van der Waals surface area contributed by atoms with Crippen LogP contribution in [0, 0.1) is 5.92 Å². The highest BCUT2D eigenvalue weighted by Gasteiger charge is 2.29. The molecule has 1 aromatic heterocycles. The van der Waals surface area contributed by atoms with E-state index in [0.29, 0.717) is 5.95 Å². The molecule has 0 saturated heterocycles. The van der Waals surface area contributed by atoms with Gasteiger partial charge in [-0.25, -0.2) is 9.97 Å². The topological polar surface area (TPSA) is 66.9 Å². The van der Waals surface area contributed by atoms with E-state index >= 15 is 0 Å². The first-order chi connectivity index (χ1) is 10.2. The summed E-state index contributed by atoms with van der Waals surface area (Å²) in [6, 6.07) is 9.75. The van der Waals surface area contributed by atoms with Crippen molar-refractivity contribution in [2.45, 2.75) is 25.8 Å². The third-order valence-electron chi connectivity index (χ3n) is 3.54. The number of amides is 1. The van der Waals surface area contributed by atoms with Crippen LogP contribution in [0.4, 0.5) is 11.6 Å². The molecule has 1 unspecified atom stereocenters. The number of hydrogen-bond donors (Lipinski definition) is 2. The Morgan fingerprint density at radius 3 is 2.48 bits per heavy atom. The largest absolute Gasteiger partial charge is 0.348 e. The van der Waals surface area contributed by atoms with Crippen molar-refractivity contribution in [2.24, 2.45) is 5.92 Å². The zero-order valence-corrected chi connectivity index (χ0v) is 11.9. The normalized spacial score (nSPS) is 15.3. The maximum Gasteiger partial charge on any atom is 0.227 e. The highest BCUT2D eigenvalue weighted by atomic mass is 16.2. The van der Waals surface area contributed by atoms with E-state index in [0.717, 1.165) is 24.1 Å². The van der Waals surface area contributed by atoms with Gasteiger partial charge < -0.3 is 10.6 Å². The molecule has 108 valence electrons. The van der Waals surface area contributed by atoms with Gasteiger partial charge in [0.05, 0.1) is 6.04 Å². The standard InChI is InChI=1S/C16H18N4O/c1-11(19-16-17-9-2-10-18-16)12-5-7-14(8-6-12)20-15(21)13-3-4-13/h2,5-11,13H,3-4H2,1H3,(H,20,21)(H,17,18,19). The first-order valence-electron chi connectivity index (χ1n) is 7.17. The summed E-state index contributed by atoms with van der Waals surface area (Å²) in [4.78, 5) is 20.0. The molecule has 0 bridgehead atoms. The van der Waals surface area contributed by atoms with E-state index in [2.05, 4.69) is 20.6 Å². The second kappa shape index (κ2) is 5.91. The molecule has 5 nitrogen and oxygen atoms in total. The number of aromatic nitrogens is 2. The molecule has 0 spiro atoms. The Labute approximate surface area is 123 Å². The Balaban J connectivity index is 1.61. The first-order valence-corrected chi connectivity index (χ1v) is 7.17. The quantitative estimate of drug-likeness (QED) is 0.884. The van der Waals surface area contributed by atoms with Crippen molar-refractivity contribution in [3.8, 4) is 0 Å². The Morgan fingerprint density at radius 1 is 1.19 bits per heavy atom. The maximum absolute atomic E-state index is 11.7. The Morgan fingerprint density at radius 2 is 1.86 bits per heavy atom. The lowest BCUT2D eigenvalue weighted by Crippen LogP contribution is -2.13. The van der Waals surface area contributed by atoms with Gasteiger partial charge >= 0.3 is 0 Å². The van der Waals surface area contributed by atoms with Crippen molar-refractivity contribution in [1.29, 1.82) is 0 Å². The number of carbonyl (C=O) groups is 1. The van der Waals surface area contributed by atoms with Gasteiger partial charge in [-0.05, 0) is 43.5 Å². The molecule has 1 heterocycles. The number of benzene rings is 1. The van der Waals surface area contributed by atoms with E-state index in [1.165, 1.54) is 0 Å². The Hall–Kier alpha value is -2.43. The number of hydrogen-bond acceptors (Lipinski definition) is 4. The van der Waals surface area contributed by atoms with Crippen LogP contribution < -0.4 is 10.6 Å². The molecule has 0 radical (unpaired) electrons. The minimum absolute atomic E-state index is 0.0978. The summed E-state index contributed by atoms with van der Waals surface area (Å²) in [7, 11) is 0. The van der Waals surface area contributed by atoms with Crippen LogP contribution in [-0.4, -0.2) is 15.9 Å². The van der Waals surface area contributed by atoms with Crippen molar-refractivity contribution >= 4 is 17.5 Å². The minimum Gasteiger partial charge on any atom is -0.348 e. The number of anilines is 2. The second-order valence-corrected chi connectivity index (χ2v) is 5.32. The van der Waals surface area contributed by atoms with Gasteiger partial charge in [-0.3, -0.25) is 4.79 Å². The molecular weight excluding hydrogens is 264 g/mol. The van der Waals surface area contributed by atoms with Crippen LogP contribution >= 0.6 is 0 Å². The molecule has 5 heteroatoms. The van der Waals surface area contributed by atoms with Crippen LogP contribution in [0.5, 0.6) is 0 Å². The van der Waals surface area contributed by atoms with E-state index in [4.69, 9.17) is 0 Å². The SMILES string of the molecule is CC(Nc1ncccn1)c1ccc(NC(=O)C2CC2)cc1. The smallest absolute Gasteiger partial charge is 0.227 e. The van der Waals surface area contributed by atoms with Crippen LogP contribution in [0.25, 0.3) is 0 Å². The number of nitrogens with one attached hydrogen (secondary N) is 2. The molecule has 1 atom stereocenters. The fraction of sp³-hybridized carbons (Fsp3) is 0.312. The van der Waals surface area contributed by atoms with Crippen LogP contribution in [0.2, 0.25) is 0 Å². The molecule has 1 aromatic carbocycles. The zero-order valence-electron chi connectivity index (χ0n) is 11.9. The Bertz CT molecular complexity index is 608. The van der Waals surface area contributed by atoms with Crippen molar-refractivity contribution in [2.75, 3.05) is 10.6 Å². The number of rotatable bonds is 5. The van der Waals surface area contributed by atoms with E-state index in [9.17, 15) is 4.79 Å². The summed E-state index contributed by atoms with van der Waals surface area (Å²) >= 11 is 0. The zero-order chi connectivity index (χ0) is 14.7. The molecule has 1 aliphatic carbocycles. The fourth-order valence-electron chi connectivity index (χ4n) is 2.10. The lowest BCUT2D eigenvalue weighted by atomic mass is 10.1. The van der Waals surface area contributed by atoms with Crippen molar-refractivity contribution in [1.82, 2.24) is 9.97 Å². The molecule has 1 fully saturated rings.